The highest BCUT2D eigenvalue weighted by molar-refractivity contribution is 7.87. The first-order valence-corrected chi connectivity index (χ1v) is 10.4. The van der Waals surface area contributed by atoms with Gasteiger partial charge in [0.25, 0.3) is 0 Å². The fourth-order valence-corrected chi connectivity index (χ4v) is 4.32. The maximum absolute atomic E-state index is 13.8. The van der Waals surface area contributed by atoms with Crippen LogP contribution >= 0.6 is 0 Å². The van der Waals surface area contributed by atoms with Crippen LogP contribution in [-0.2, 0) is 10.1 Å². The summed E-state index contributed by atoms with van der Waals surface area (Å²) >= 11 is 0. The summed E-state index contributed by atoms with van der Waals surface area (Å²) in [6, 6.07) is 13.1. The molecular formula is C21H13F5O4S. The summed E-state index contributed by atoms with van der Waals surface area (Å²) in [6.45, 7) is 0.286. The standard InChI is InChI=1S/C21H13F5O4S/c22-16-17(23)19(25)21(20(26)18(16)24)30-31(27,28)12-6-7-14-13(8-9-29-15(14)10-12)11-4-2-1-3-5-11/h1-7,10,13H,8-9H2. The van der Waals surface area contributed by atoms with E-state index in [1.54, 1.807) is 0 Å². The van der Waals surface area contributed by atoms with Crippen LogP contribution in [0.5, 0.6) is 11.5 Å². The predicted molar refractivity (Wildman–Crippen MR) is 98.9 cm³/mol. The van der Waals surface area contributed by atoms with Crippen molar-refractivity contribution < 1.29 is 39.3 Å². The van der Waals surface area contributed by atoms with E-state index < -0.39 is 49.8 Å². The van der Waals surface area contributed by atoms with Crippen LogP contribution in [-0.4, -0.2) is 15.0 Å². The summed E-state index contributed by atoms with van der Waals surface area (Å²) in [4.78, 5) is -0.566. The number of hydrogen-bond acceptors (Lipinski definition) is 4. The summed E-state index contributed by atoms with van der Waals surface area (Å²) in [6.07, 6.45) is 0.643. The molecular weight excluding hydrogens is 443 g/mol. The van der Waals surface area contributed by atoms with Crippen LogP contribution in [0.2, 0.25) is 0 Å². The van der Waals surface area contributed by atoms with E-state index in [0.29, 0.717) is 12.0 Å². The van der Waals surface area contributed by atoms with E-state index in [0.717, 1.165) is 17.7 Å². The zero-order chi connectivity index (χ0) is 22.3. The normalized spacial score (nSPS) is 15.8. The summed E-state index contributed by atoms with van der Waals surface area (Å²) in [5, 5.41) is 0. The third-order valence-corrected chi connectivity index (χ3v) is 6.10. The molecule has 1 aliphatic heterocycles. The molecule has 0 radical (unpaired) electrons. The second kappa shape index (κ2) is 7.84. The van der Waals surface area contributed by atoms with Crippen molar-refractivity contribution in [2.24, 2.45) is 0 Å². The smallest absolute Gasteiger partial charge is 0.339 e. The van der Waals surface area contributed by atoms with Gasteiger partial charge in [0, 0.05) is 17.5 Å². The minimum absolute atomic E-state index is 0.0715. The van der Waals surface area contributed by atoms with Crippen molar-refractivity contribution in [2.75, 3.05) is 6.61 Å². The molecule has 0 spiro atoms. The van der Waals surface area contributed by atoms with Crippen molar-refractivity contribution in [3.8, 4) is 11.5 Å². The monoisotopic (exact) mass is 456 g/mol. The van der Waals surface area contributed by atoms with Crippen molar-refractivity contribution in [3.63, 3.8) is 0 Å². The second-order valence-corrected chi connectivity index (χ2v) is 8.28. The molecule has 1 aliphatic rings. The molecule has 3 aromatic rings. The minimum atomic E-state index is -4.94. The van der Waals surface area contributed by atoms with Crippen molar-refractivity contribution in [1.29, 1.82) is 0 Å². The molecule has 0 aromatic heterocycles. The van der Waals surface area contributed by atoms with Gasteiger partial charge in [-0.2, -0.15) is 17.2 Å². The molecule has 1 heterocycles. The Hall–Kier alpha value is -3.14. The van der Waals surface area contributed by atoms with Crippen LogP contribution in [0.15, 0.2) is 53.4 Å². The molecule has 162 valence electrons. The molecule has 0 amide bonds. The lowest BCUT2D eigenvalue weighted by molar-refractivity contribution is 0.276. The highest BCUT2D eigenvalue weighted by Gasteiger charge is 2.32. The Balaban J connectivity index is 1.71. The van der Waals surface area contributed by atoms with Crippen LogP contribution < -0.4 is 8.92 Å². The molecule has 1 unspecified atom stereocenters. The van der Waals surface area contributed by atoms with Gasteiger partial charge in [0.2, 0.25) is 34.8 Å². The van der Waals surface area contributed by atoms with Gasteiger partial charge in [0.05, 0.1) is 6.61 Å². The summed E-state index contributed by atoms with van der Waals surface area (Å²) < 4.78 is 102. The van der Waals surface area contributed by atoms with Crippen molar-refractivity contribution in [2.45, 2.75) is 17.2 Å². The maximum Gasteiger partial charge on any atom is 0.339 e. The second-order valence-electron chi connectivity index (χ2n) is 6.74. The molecule has 1 atom stereocenters. The summed E-state index contributed by atoms with van der Waals surface area (Å²) in [5.41, 5.74) is 1.67. The van der Waals surface area contributed by atoms with Crippen LogP contribution in [0, 0.1) is 29.1 Å². The Labute approximate surface area is 174 Å². The number of ether oxygens (including phenoxy) is 1. The number of hydrogen-bond donors (Lipinski definition) is 0. The lowest BCUT2D eigenvalue weighted by Crippen LogP contribution is -2.18. The maximum atomic E-state index is 13.8. The van der Waals surface area contributed by atoms with Crippen LogP contribution in [0.1, 0.15) is 23.5 Å². The van der Waals surface area contributed by atoms with Gasteiger partial charge >= 0.3 is 10.1 Å². The molecule has 0 N–H and O–H groups in total. The zero-order valence-electron chi connectivity index (χ0n) is 15.5. The SMILES string of the molecule is O=S(=O)(Oc1c(F)c(F)c(F)c(F)c1F)c1ccc2c(c1)OCCC2c1ccccc1. The van der Waals surface area contributed by atoms with E-state index >= 15 is 0 Å². The predicted octanol–water partition coefficient (Wildman–Crippen LogP) is 5.06. The molecule has 0 saturated heterocycles. The largest absolute Gasteiger partial charge is 0.493 e. The molecule has 4 rings (SSSR count). The fourth-order valence-electron chi connectivity index (χ4n) is 3.37. The fraction of sp³-hybridized carbons (Fsp3) is 0.143. The molecule has 0 aliphatic carbocycles. The number of rotatable bonds is 4. The minimum Gasteiger partial charge on any atom is -0.493 e. The first-order valence-electron chi connectivity index (χ1n) is 8.98. The van der Waals surface area contributed by atoms with E-state index in [4.69, 9.17) is 4.74 Å². The van der Waals surface area contributed by atoms with Gasteiger partial charge < -0.3 is 8.92 Å². The van der Waals surface area contributed by atoms with Gasteiger partial charge in [0.15, 0.2) is 0 Å². The highest BCUT2D eigenvalue weighted by Crippen LogP contribution is 2.40. The molecule has 0 bridgehead atoms. The molecule has 31 heavy (non-hydrogen) atoms. The van der Waals surface area contributed by atoms with E-state index in [2.05, 4.69) is 4.18 Å². The third kappa shape index (κ3) is 3.71. The number of fused-ring (bicyclic) bond motifs is 1. The van der Waals surface area contributed by atoms with Crippen LogP contribution in [0.25, 0.3) is 0 Å². The van der Waals surface area contributed by atoms with Gasteiger partial charge in [-0.1, -0.05) is 36.4 Å². The summed E-state index contributed by atoms with van der Waals surface area (Å²) in [5.74, 6) is -13.6. The average molecular weight is 456 g/mol. The Morgan fingerprint density at radius 1 is 0.839 bits per heavy atom. The topological polar surface area (TPSA) is 52.6 Å². The Kier molecular flexibility index (Phi) is 5.34. The van der Waals surface area contributed by atoms with Crippen molar-refractivity contribution >= 4 is 10.1 Å². The van der Waals surface area contributed by atoms with E-state index in [-0.39, 0.29) is 18.3 Å². The summed E-state index contributed by atoms with van der Waals surface area (Å²) in [7, 11) is -4.94. The molecule has 0 fully saturated rings. The Morgan fingerprint density at radius 2 is 1.45 bits per heavy atom. The Bertz CT molecular complexity index is 1230. The molecule has 10 heteroatoms. The highest BCUT2D eigenvalue weighted by atomic mass is 32.2. The van der Waals surface area contributed by atoms with E-state index in [1.807, 2.05) is 30.3 Å². The van der Waals surface area contributed by atoms with Crippen LogP contribution in [0.3, 0.4) is 0 Å². The first-order chi connectivity index (χ1) is 14.7. The third-order valence-electron chi connectivity index (χ3n) is 4.88. The van der Waals surface area contributed by atoms with E-state index in [9.17, 15) is 30.4 Å². The first kappa shape index (κ1) is 21.1. The van der Waals surface area contributed by atoms with Gasteiger partial charge in [0.1, 0.15) is 10.6 Å². The lowest BCUT2D eigenvalue weighted by Gasteiger charge is -2.26. The van der Waals surface area contributed by atoms with E-state index in [1.165, 1.54) is 6.07 Å². The number of benzene rings is 3. The van der Waals surface area contributed by atoms with Gasteiger partial charge in [-0.05, 0) is 18.1 Å². The molecule has 3 aromatic carbocycles. The van der Waals surface area contributed by atoms with Gasteiger partial charge in [-0.3, -0.25) is 0 Å². The van der Waals surface area contributed by atoms with Crippen molar-refractivity contribution in [1.82, 2.24) is 0 Å². The van der Waals surface area contributed by atoms with Gasteiger partial charge in [-0.15, -0.1) is 0 Å². The van der Waals surface area contributed by atoms with Crippen molar-refractivity contribution in [3.05, 3.63) is 88.7 Å². The quantitative estimate of drug-likeness (QED) is 0.238. The molecule has 0 saturated carbocycles. The van der Waals surface area contributed by atoms with Gasteiger partial charge in [-0.25, -0.2) is 13.2 Å². The average Bonchev–Trinajstić information content (AvgIpc) is 2.79. The lowest BCUT2D eigenvalue weighted by atomic mass is 9.87. The zero-order valence-corrected chi connectivity index (χ0v) is 16.4. The van der Waals surface area contributed by atoms with Crippen LogP contribution in [0.4, 0.5) is 22.0 Å². The Morgan fingerprint density at radius 3 is 2.10 bits per heavy atom. The molecule has 4 nitrogen and oxygen atoms in total. The number of halogens is 5.